The van der Waals surface area contributed by atoms with Gasteiger partial charge in [0.05, 0.1) is 25.3 Å². The quantitative estimate of drug-likeness (QED) is 0.799. The maximum Gasteiger partial charge on any atom is 0.410 e. The lowest BCUT2D eigenvalue weighted by molar-refractivity contribution is -0.0106. The van der Waals surface area contributed by atoms with Crippen LogP contribution in [-0.2, 0) is 9.47 Å². The minimum absolute atomic E-state index is 0.130. The molecule has 0 radical (unpaired) electrons. The molecule has 2 heterocycles. The van der Waals surface area contributed by atoms with Gasteiger partial charge in [-0.1, -0.05) is 0 Å². The van der Waals surface area contributed by atoms with Gasteiger partial charge in [-0.3, -0.25) is 4.79 Å². The average molecular weight is 423 g/mol. The van der Waals surface area contributed by atoms with Crippen LogP contribution in [0.2, 0.25) is 0 Å². The lowest BCUT2D eigenvalue weighted by Crippen LogP contribution is -2.50. The second kappa shape index (κ2) is 9.07. The number of nitrogens with two attached hydrogens (primary N) is 1. The highest BCUT2D eigenvalue weighted by Crippen LogP contribution is 2.30. The predicted octanol–water partition coefficient (Wildman–Crippen LogP) is 2.35. The van der Waals surface area contributed by atoms with Crippen molar-refractivity contribution in [2.24, 2.45) is 5.73 Å². The summed E-state index contributed by atoms with van der Waals surface area (Å²) in [6.45, 7) is 8.13. The highest BCUT2D eigenvalue weighted by Gasteiger charge is 2.35. The van der Waals surface area contributed by atoms with Crippen LogP contribution in [0.15, 0.2) is 18.2 Å². The molecule has 1 aromatic carbocycles. The minimum Gasteiger partial charge on any atom is -0.486 e. The molecule has 166 valence electrons. The summed E-state index contributed by atoms with van der Waals surface area (Å²) in [5, 5.41) is 0. The Hall–Kier alpha value is -2.55. The molecule has 2 N–H and O–H groups in total. The van der Waals surface area contributed by atoms with Gasteiger partial charge < -0.3 is 29.7 Å². The summed E-state index contributed by atoms with van der Waals surface area (Å²) in [4.78, 5) is 27.5. The van der Waals surface area contributed by atoms with Crippen LogP contribution in [-0.4, -0.2) is 74.2 Å². The van der Waals surface area contributed by atoms with E-state index >= 15 is 0 Å². The molecule has 2 atom stereocenters. The van der Waals surface area contributed by atoms with Crippen LogP contribution in [0.25, 0.3) is 0 Å². The van der Waals surface area contributed by atoms with Crippen molar-refractivity contribution in [3.63, 3.8) is 0 Å². The van der Waals surface area contributed by atoms with Gasteiger partial charge in [0.1, 0.15) is 17.5 Å². The molecule has 30 heavy (non-hydrogen) atoms. The number of rotatable bonds is 4. The number of halogens is 1. The number of hydrogen-bond donors (Lipinski definition) is 1. The molecule has 2 aliphatic heterocycles. The summed E-state index contributed by atoms with van der Waals surface area (Å²) in [6.07, 6.45) is -2.48. The Labute approximate surface area is 176 Å². The molecule has 3 rings (SSSR count). The highest BCUT2D eigenvalue weighted by molar-refractivity contribution is 5.96. The molecule has 0 bridgehead atoms. The third-order valence-corrected chi connectivity index (χ3v) is 5.02. The van der Waals surface area contributed by atoms with Crippen molar-refractivity contribution < 1.29 is 28.2 Å². The van der Waals surface area contributed by atoms with Gasteiger partial charge >= 0.3 is 6.09 Å². The van der Waals surface area contributed by atoms with E-state index < -0.39 is 29.9 Å². The largest absolute Gasteiger partial charge is 0.486 e. The Bertz CT molecular complexity index is 776. The van der Waals surface area contributed by atoms with Gasteiger partial charge in [0.25, 0.3) is 5.91 Å². The van der Waals surface area contributed by atoms with Crippen LogP contribution < -0.4 is 15.4 Å². The first-order valence-electron chi connectivity index (χ1n) is 10.2. The summed E-state index contributed by atoms with van der Waals surface area (Å²) < 4.78 is 31.4. The Balaban J connectivity index is 1.70. The smallest absolute Gasteiger partial charge is 0.410 e. The van der Waals surface area contributed by atoms with E-state index in [9.17, 15) is 14.0 Å². The van der Waals surface area contributed by atoms with E-state index in [4.69, 9.17) is 19.9 Å². The molecule has 2 aliphatic rings. The van der Waals surface area contributed by atoms with E-state index in [0.29, 0.717) is 19.8 Å². The van der Waals surface area contributed by atoms with Gasteiger partial charge in [-0.15, -0.1) is 0 Å². The predicted molar refractivity (Wildman–Crippen MR) is 110 cm³/mol. The molecule has 2 amide bonds. The summed E-state index contributed by atoms with van der Waals surface area (Å²) in [7, 11) is 0. The fourth-order valence-electron chi connectivity index (χ4n) is 3.50. The summed E-state index contributed by atoms with van der Waals surface area (Å²) in [5.41, 5.74) is 5.91. The van der Waals surface area contributed by atoms with Crippen molar-refractivity contribution in [1.82, 2.24) is 4.90 Å². The zero-order valence-electron chi connectivity index (χ0n) is 17.7. The topological polar surface area (TPSA) is 94.3 Å². The van der Waals surface area contributed by atoms with Crippen molar-refractivity contribution in [2.45, 2.75) is 45.1 Å². The van der Waals surface area contributed by atoms with Crippen molar-refractivity contribution in [1.29, 1.82) is 0 Å². The van der Waals surface area contributed by atoms with E-state index in [1.165, 1.54) is 4.90 Å². The van der Waals surface area contributed by atoms with Crippen molar-refractivity contribution in [3.8, 4) is 5.75 Å². The summed E-state index contributed by atoms with van der Waals surface area (Å²) in [5.74, 6) is -0.384. The second-order valence-corrected chi connectivity index (χ2v) is 8.53. The van der Waals surface area contributed by atoms with Gasteiger partial charge in [0.15, 0.2) is 6.17 Å². The number of ether oxygens (including phenoxy) is 3. The SMILES string of the molecule is CC(C)(C)OC(=O)N1CCC(Oc2cc(N3CCOCC3)ccc2C(N)=O)C(F)C1. The number of benzene rings is 1. The third-order valence-electron chi connectivity index (χ3n) is 5.02. The van der Waals surface area contributed by atoms with E-state index in [0.717, 1.165) is 18.8 Å². The maximum absolute atomic E-state index is 14.8. The molecule has 1 aromatic rings. The van der Waals surface area contributed by atoms with Crippen LogP contribution in [0.3, 0.4) is 0 Å². The molecule has 2 saturated heterocycles. The Kier molecular flexibility index (Phi) is 6.70. The van der Waals surface area contributed by atoms with Crippen LogP contribution in [0.5, 0.6) is 5.75 Å². The number of amides is 2. The maximum atomic E-state index is 14.8. The van der Waals surface area contributed by atoms with E-state index in [1.54, 1.807) is 39.0 Å². The normalized spacial score (nSPS) is 22.5. The summed E-state index contributed by atoms with van der Waals surface area (Å²) in [6, 6.07) is 5.13. The van der Waals surface area contributed by atoms with Crippen molar-refractivity contribution in [3.05, 3.63) is 23.8 Å². The van der Waals surface area contributed by atoms with Gasteiger partial charge in [-0.05, 0) is 32.9 Å². The van der Waals surface area contributed by atoms with E-state index in [1.807, 2.05) is 0 Å². The number of morpholine rings is 1. The molecule has 2 unspecified atom stereocenters. The van der Waals surface area contributed by atoms with Crippen LogP contribution >= 0.6 is 0 Å². The van der Waals surface area contributed by atoms with Gasteiger partial charge in [-0.25, -0.2) is 9.18 Å². The van der Waals surface area contributed by atoms with Crippen molar-refractivity contribution >= 4 is 17.7 Å². The molecule has 9 heteroatoms. The molecular formula is C21H30FN3O5. The first kappa shape index (κ1) is 22.1. The van der Waals surface area contributed by atoms with E-state index in [2.05, 4.69) is 4.90 Å². The number of hydrogen-bond acceptors (Lipinski definition) is 6. The Morgan fingerprint density at radius 2 is 1.90 bits per heavy atom. The highest BCUT2D eigenvalue weighted by atomic mass is 19.1. The minimum atomic E-state index is -1.42. The van der Waals surface area contributed by atoms with Gasteiger partial charge in [0.2, 0.25) is 0 Å². The first-order valence-corrected chi connectivity index (χ1v) is 10.2. The molecule has 0 aromatic heterocycles. The summed E-state index contributed by atoms with van der Waals surface area (Å²) >= 11 is 0. The Morgan fingerprint density at radius 3 is 2.50 bits per heavy atom. The fourth-order valence-corrected chi connectivity index (χ4v) is 3.50. The number of primary amides is 1. The number of likely N-dealkylation sites (tertiary alicyclic amines) is 1. The monoisotopic (exact) mass is 423 g/mol. The molecule has 2 fully saturated rings. The van der Waals surface area contributed by atoms with Crippen LogP contribution in [0.1, 0.15) is 37.6 Å². The molecular weight excluding hydrogens is 393 g/mol. The molecule has 0 aliphatic carbocycles. The molecule has 0 spiro atoms. The lowest BCUT2D eigenvalue weighted by atomic mass is 10.1. The number of alkyl halides is 1. The van der Waals surface area contributed by atoms with Gasteiger partial charge in [0, 0.05) is 37.8 Å². The zero-order chi connectivity index (χ0) is 21.9. The third kappa shape index (κ3) is 5.53. The number of anilines is 1. The Morgan fingerprint density at radius 1 is 1.20 bits per heavy atom. The second-order valence-electron chi connectivity index (χ2n) is 8.53. The van der Waals surface area contributed by atoms with Crippen LogP contribution in [0.4, 0.5) is 14.9 Å². The average Bonchev–Trinajstić information content (AvgIpc) is 2.68. The molecule has 8 nitrogen and oxygen atoms in total. The van der Waals surface area contributed by atoms with Crippen LogP contribution in [0, 0.1) is 0 Å². The standard InChI is InChI=1S/C21H30FN3O5/c1-21(2,3)30-20(27)25-7-6-17(16(22)13-25)29-18-12-14(4-5-15(18)19(23)26)24-8-10-28-11-9-24/h4-5,12,16-17H,6-11,13H2,1-3H3,(H2,23,26). The number of carbonyl (C=O) groups excluding carboxylic acids is 2. The fraction of sp³-hybridized carbons (Fsp3) is 0.619. The van der Waals surface area contributed by atoms with E-state index in [-0.39, 0.29) is 24.3 Å². The number of carbonyl (C=O) groups is 2. The number of piperidine rings is 1. The van der Waals surface area contributed by atoms with Gasteiger partial charge in [-0.2, -0.15) is 0 Å². The zero-order valence-corrected chi connectivity index (χ0v) is 17.7. The number of nitrogens with zero attached hydrogens (tertiary/aromatic N) is 2. The first-order chi connectivity index (χ1) is 14.1. The lowest BCUT2D eigenvalue weighted by Gasteiger charge is -2.36. The molecule has 0 saturated carbocycles. The van der Waals surface area contributed by atoms with Crippen molar-refractivity contribution in [2.75, 3.05) is 44.3 Å².